The predicted octanol–water partition coefficient (Wildman–Crippen LogP) is 2.72. The number of carbonyl (C=O) groups excluding carboxylic acids is 1. The quantitative estimate of drug-likeness (QED) is 0.797. The van der Waals surface area contributed by atoms with Gasteiger partial charge in [0.25, 0.3) is 0 Å². The molecule has 2 amide bonds. The van der Waals surface area contributed by atoms with E-state index in [2.05, 4.69) is 10.6 Å². The molecule has 2 atom stereocenters. The summed E-state index contributed by atoms with van der Waals surface area (Å²) in [6.07, 6.45) is 1.73. The molecule has 2 unspecified atom stereocenters. The van der Waals surface area contributed by atoms with Crippen LogP contribution in [-0.4, -0.2) is 30.3 Å². The van der Waals surface area contributed by atoms with E-state index in [0.717, 1.165) is 0 Å². The average molecular weight is 313 g/mol. The number of benzene rings is 1. The predicted molar refractivity (Wildman–Crippen MR) is 78.9 cm³/mol. The Morgan fingerprint density at radius 2 is 2.14 bits per heavy atom. The van der Waals surface area contributed by atoms with E-state index in [0.29, 0.717) is 35.7 Å². The Kier molecular flexibility index (Phi) is 4.90. The summed E-state index contributed by atoms with van der Waals surface area (Å²) in [6, 6.07) is 4.45. The van der Waals surface area contributed by atoms with Gasteiger partial charge in [-0.15, -0.1) is 0 Å². The third-order valence-corrected chi connectivity index (χ3v) is 3.82. The molecule has 0 saturated heterocycles. The van der Waals surface area contributed by atoms with E-state index in [1.165, 1.54) is 7.11 Å². The molecule has 6 nitrogen and oxygen atoms in total. The van der Waals surface area contributed by atoms with Gasteiger partial charge in [-0.05, 0) is 37.5 Å². The molecule has 1 saturated carbocycles. The Bertz CT molecular complexity index is 550. The number of halogens is 1. The molecule has 1 aromatic rings. The zero-order chi connectivity index (χ0) is 15.4. The third-order valence-electron chi connectivity index (χ3n) is 3.53. The average Bonchev–Trinajstić information content (AvgIpc) is 2.87. The lowest BCUT2D eigenvalue weighted by atomic mass is 10.1. The van der Waals surface area contributed by atoms with Gasteiger partial charge >= 0.3 is 12.0 Å². The van der Waals surface area contributed by atoms with Crippen molar-refractivity contribution < 1.29 is 19.4 Å². The molecule has 0 radical (unpaired) electrons. The third kappa shape index (κ3) is 4.01. The second-order valence-corrected chi connectivity index (χ2v) is 5.40. The molecule has 0 heterocycles. The number of aliphatic carboxylic acids is 1. The SMILES string of the molecule is COc1ccc(NC(=O)NC2CCC(C(=O)O)C2)cc1Cl. The number of hydrogen-bond donors (Lipinski definition) is 3. The van der Waals surface area contributed by atoms with E-state index >= 15 is 0 Å². The van der Waals surface area contributed by atoms with Crippen LogP contribution in [0.1, 0.15) is 19.3 Å². The Morgan fingerprint density at radius 1 is 1.38 bits per heavy atom. The smallest absolute Gasteiger partial charge is 0.319 e. The highest BCUT2D eigenvalue weighted by molar-refractivity contribution is 6.32. The summed E-state index contributed by atoms with van der Waals surface area (Å²) < 4.78 is 5.03. The maximum absolute atomic E-state index is 11.9. The topological polar surface area (TPSA) is 87.7 Å². The first-order valence-electron chi connectivity index (χ1n) is 6.63. The zero-order valence-corrected chi connectivity index (χ0v) is 12.3. The molecule has 1 aliphatic carbocycles. The molecular formula is C14H17ClN2O4. The number of amides is 2. The summed E-state index contributed by atoms with van der Waals surface area (Å²) in [4.78, 5) is 22.7. The van der Waals surface area contributed by atoms with Crippen molar-refractivity contribution >= 4 is 29.3 Å². The molecule has 0 bridgehead atoms. The van der Waals surface area contributed by atoms with Crippen molar-refractivity contribution in [3.8, 4) is 5.75 Å². The lowest BCUT2D eigenvalue weighted by molar-refractivity contribution is -0.141. The maximum Gasteiger partial charge on any atom is 0.319 e. The van der Waals surface area contributed by atoms with Crippen molar-refractivity contribution in [3.63, 3.8) is 0 Å². The highest BCUT2D eigenvalue weighted by atomic mass is 35.5. The van der Waals surface area contributed by atoms with Gasteiger partial charge in [-0.2, -0.15) is 0 Å². The monoisotopic (exact) mass is 312 g/mol. The van der Waals surface area contributed by atoms with Crippen molar-refractivity contribution in [2.24, 2.45) is 5.92 Å². The first-order chi connectivity index (χ1) is 9.99. The van der Waals surface area contributed by atoms with E-state index in [4.69, 9.17) is 21.4 Å². The molecule has 1 fully saturated rings. The van der Waals surface area contributed by atoms with Crippen molar-refractivity contribution in [1.29, 1.82) is 0 Å². The van der Waals surface area contributed by atoms with Crippen LogP contribution < -0.4 is 15.4 Å². The van der Waals surface area contributed by atoms with Crippen LogP contribution in [0.4, 0.5) is 10.5 Å². The fraction of sp³-hybridized carbons (Fsp3) is 0.429. The van der Waals surface area contributed by atoms with Gasteiger partial charge in [-0.3, -0.25) is 4.79 Å². The fourth-order valence-corrected chi connectivity index (χ4v) is 2.69. The van der Waals surface area contributed by atoms with Gasteiger partial charge in [-0.1, -0.05) is 11.6 Å². The van der Waals surface area contributed by atoms with Gasteiger partial charge < -0.3 is 20.5 Å². The van der Waals surface area contributed by atoms with Crippen LogP contribution in [0.15, 0.2) is 18.2 Å². The minimum atomic E-state index is -0.804. The number of hydrogen-bond acceptors (Lipinski definition) is 3. The highest BCUT2D eigenvalue weighted by Crippen LogP contribution is 2.28. The van der Waals surface area contributed by atoms with E-state index in [1.807, 2.05) is 0 Å². The molecule has 114 valence electrons. The Labute approximate surface area is 127 Å². The summed E-state index contributed by atoms with van der Waals surface area (Å²) in [5, 5.41) is 14.8. The summed E-state index contributed by atoms with van der Waals surface area (Å²) in [5.74, 6) is -0.643. The van der Waals surface area contributed by atoms with Crippen LogP contribution >= 0.6 is 11.6 Å². The van der Waals surface area contributed by atoms with E-state index in [1.54, 1.807) is 18.2 Å². The van der Waals surface area contributed by atoms with Gasteiger partial charge in [0.1, 0.15) is 5.75 Å². The van der Waals surface area contributed by atoms with Crippen LogP contribution in [0.2, 0.25) is 5.02 Å². The second kappa shape index (κ2) is 6.67. The molecule has 3 N–H and O–H groups in total. The molecular weight excluding hydrogens is 296 g/mol. The van der Waals surface area contributed by atoms with Crippen LogP contribution in [0.3, 0.4) is 0 Å². The van der Waals surface area contributed by atoms with Crippen molar-refractivity contribution in [2.75, 3.05) is 12.4 Å². The minimum Gasteiger partial charge on any atom is -0.495 e. The lowest BCUT2D eigenvalue weighted by Gasteiger charge is -2.14. The number of urea groups is 1. The fourth-order valence-electron chi connectivity index (χ4n) is 2.43. The molecule has 0 aliphatic heterocycles. The standard InChI is InChI=1S/C14H17ClN2O4/c1-21-12-5-4-10(7-11(12)15)17-14(20)16-9-3-2-8(6-9)13(18)19/h4-5,7-9H,2-3,6H2,1H3,(H,18,19)(H2,16,17,20). The minimum absolute atomic E-state index is 0.111. The number of carboxylic acids is 1. The van der Waals surface area contributed by atoms with Crippen LogP contribution in [0.5, 0.6) is 5.75 Å². The molecule has 1 aliphatic rings. The van der Waals surface area contributed by atoms with Gasteiger partial charge in [-0.25, -0.2) is 4.79 Å². The first kappa shape index (κ1) is 15.4. The van der Waals surface area contributed by atoms with Crippen LogP contribution in [0, 0.1) is 5.92 Å². The highest BCUT2D eigenvalue weighted by Gasteiger charge is 2.30. The Balaban J connectivity index is 1.88. The van der Waals surface area contributed by atoms with Gasteiger partial charge in [0, 0.05) is 11.7 Å². The maximum atomic E-state index is 11.9. The van der Waals surface area contributed by atoms with Crippen molar-refractivity contribution in [1.82, 2.24) is 5.32 Å². The van der Waals surface area contributed by atoms with Gasteiger partial charge in [0.2, 0.25) is 0 Å². The van der Waals surface area contributed by atoms with Crippen molar-refractivity contribution in [2.45, 2.75) is 25.3 Å². The number of carbonyl (C=O) groups is 2. The molecule has 0 spiro atoms. The summed E-state index contributed by atoms with van der Waals surface area (Å²) >= 11 is 5.98. The van der Waals surface area contributed by atoms with Crippen LogP contribution in [0.25, 0.3) is 0 Å². The number of rotatable bonds is 4. The summed E-state index contributed by atoms with van der Waals surface area (Å²) in [6.45, 7) is 0. The summed E-state index contributed by atoms with van der Waals surface area (Å²) in [7, 11) is 1.51. The number of ether oxygens (including phenoxy) is 1. The van der Waals surface area contributed by atoms with Gasteiger partial charge in [0.15, 0.2) is 0 Å². The second-order valence-electron chi connectivity index (χ2n) is 4.99. The normalized spacial score (nSPS) is 20.9. The Hall–Kier alpha value is -1.95. The largest absolute Gasteiger partial charge is 0.495 e. The summed E-state index contributed by atoms with van der Waals surface area (Å²) in [5.41, 5.74) is 0.547. The molecule has 1 aromatic carbocycles. The number of nitrogens with one attached hydrogen (secondary N) is 2. The molecule has 7 heteroatoms. The first-order valence-corrected chi connectivity index (χ1v) is 7.01. The van der Waals surface area contributed by atoms with E-state index < -0.39 is 5.97 Å². The number of anilines is 1. The lowest BCUT2D eigenvalue weighted by Crippen LogP contribution is -2.36. The van der Waals surface area contributed by atoms with E-state index in [-0.39, 0.29) is 18.0 Å². The zero-order valence-electron chi connectivity index (χ0n) is 11.6. The number of carboxylic acid groups (broad SMARTS) is 1. The van der Waals surface area contributed by atoms with Gasteiger partial charge in [0.05, 0.1) is 18.1 Å². The number of methoxy groups -OCH3 is 1. The molecule has 0 aromatic heterocycles. The Morgan fingerprint density at radius 3 is 2.71 bits per heavy atom. The van der Waals surface area contributed by atoms with E-state index in [9.17, 15) is 9.59 Å². The van der Waals surface area contributed by atoms with Crippen LogP contribution in [-0.2, 0) is 4.79 Å². The molecule has 21 heavy (non-hydrogen) atoms. The molecule has 2 rings (SSSR count). The van der Waals surface area contributed by atoms with Crippen molar-refractivity contribution in [3.05, 3.63) is 23.2 Å².